The molecule has 1 aliphatic rings. The maximum Gasteiger partial charge on any atom is 0.418 e. The lowest BCUT2D eigenvalue weighted by molar-refractivity contribution is -0.206. The summed E-state index contributed by atoms with van der Waals surface area (Å²) in [6.45, 7) is 4.45. The van der Waals surface area contributed by atoms with Gasteiger partial charge in [-0.2, -0.15) is 13.2 Å². The van der Waals surface area contributed by atoms with Crippen molar-refractivity contribution >= 4 is 11.6 Å². The molecule has 0 spiro atoms. The highest BCUT2D eigenvalue weighted by Crippen LogP contribution is 2.35. The van der Waals surface area contributed by atoms with Crippen LogP contribution >= 0.6 is 0 Å². The quantitative estimate of drug-likeness (QED) is 0.878. The molecule has 1 aromatic carbocycles. The van der Waals surface area contributed by atoms with E-state index in [1.54, 1.807) is 4.90 Å². The maximum atomic E-state index is 12.7. The number of halogens is 3. The normalized spacial score (nSPS) is 23.0. The van der Waals surface area contributed by atoms with Gasteiger partial charge in [0.15, 0.2) is 6.10 Å². The summed E-state index contributed by atoms with van der Waals surface area (Å²) in [6, 6.07) is 5.53. The number of carbonyl (C=O) groups excluding carboxylic acids is 1. The number of ether oxygens (including phenoxy) is 1. The molecule has 0 unspecified atom stereocenters. The number of aliphatic hydroxyl groups is 1. The maximum absolute atomic E-state index is 12.7. The average Bonchev–Trinajstić information content (AvgIpc) is 2.50. The highest BCUT2D eigenvalue weighted by Gasteiger charge is 2.40. The van der Waals surface area contributed by atoms with Crippen molar-refractivity contribution in [3.63, 3.8) is 0 Å². The second-order valence-corrected chi connectivity index (χ2v) is 5.94. The van der Waals surface area contributed by atoms with E-state index in [0.717, 1.165) is 0 Å². The number of hydrogen-bond donors (Lipinski definition) is 2. The van der Waals surface area contributed by atoms with E-state index in [4.69, 9.17) is 4.74 Å². The van der Waals surface area contributed by atoms with E-state index in [1.807, 2.05) is 13.8 Å². The van der Waals surface area contributed by atoms with Crippen LogP contribution in [0.2, 0.25) is 0 Å². The molecule has 8 heteroatoms. The second-order valence-electron chi connectivity index (χ2n) is 5.94. The molecule has 1 amide bonds. The summed E-state index contributed by atoms with van der Waals surface area (Å²) in [4.78, 5) is 13.9. The first kappa shape index (κ1) is 18.5. The van der Waals surface area contributed by atoms with E-state index < -0.39 is 12.3 Å². The Morgan fingerprint density at radius 2 is 1.92 bits per heavy atom. The average molecular weight is 346 g/mol. The van der Waals surface area contributed by atoms with Crippen LogP contribution in [0, 0.1) is 0 Å². The van der Waals surface area contributed by atoms with Crippen molar-refractivity contribution < 1.29 is 27.8 Å². The van der Waals surface area contributed by atoms with E-state index in [9.17, 15) is 23.1 Å². The molecule has 2 rings (SSSR count). The molecule has 1 heterocycles. The Bertz CT molecular complexity index is 570. The van der Waals surface area contributed by atoms with Crippen molar-refractivity contribution in [1.29, 1.82) is 0 Å². The summed E-state index contributed by atoms with van der Waals surface area (Å²) in [5.74, 6) is -0.228. The molecule has 1 saturated heterocycles. The van der Waals surface area contributed by atoms with Gasteiger partial charge in [0.05, 0.1) is 18.8 Å². The molecule has 0 radical (unpaired) electrons. The largest absolute Gasteiger partial charge is 0.418 e. The van der Waals surface area contributed by atoms with Crippen LogP contribution in [0.15, 0.2) is 24.3 Å². The second kappa shape index (κ2) is 7.40. The van der Waals surface area contributed by atoms with Gasteiger partial charge >= 0.3 is 6.18 Å². The number of alkyl halides is 3. The van der Waals surface area contributed by atoms with Crippen molar-refractivity contribution in [2.24, 2.45) is 0 Å². The van der Waals surface area contributed by atoms with E-state index in [2.05, 4.69) is 5.32 Å². The molecule has 0 aliphatic carbocycles. The molecule has 1 fully saturated rings. The highest BCUT2D eigenvalue weighted by atomic mass is 19.4. The van der Waals surface area contributed by atoms with Crippen LogP contribution in [0.3, 0.4) is 0 Å². The third-order valence-electron chi connectivity index (χ3n) is 3.77. The number of nitrogens with zero attached hydrogens (tertiary/aromatic N) is 1. The lowest BCUT2D eigenvalue weighted by atomic mass is 10.1. The van der Waals surface area contributed by atoms with Gasteiger partial charge in [0.2, 0.25) is 5.91 Å². The van der Waals surface area contributed by atoms with Crippen LogP contribution in [-0.2, 0) is 9.53 Å². The van der Waals surface area contributed by atoms with Crippen molar-refractivity contribution in [2.75, 3.05) is 25.0 Å². The number of morpholine rings is 1. The van der Waals surface area contributed by atoms with Crippen molar-refractivity contribution in [1.82, 2.24) is 4.90 Å². The predicted octanol–water partition coefficient (Wildman–Crippen LogP) is 2.33. The molecular formula is C16H21F3N2O3. The number of hydrogen-bond acceptors (Lipinski definition) is 4. The summed E-state index contributed by atoms with van der Waals surface area (Å²) in [7, 11) is 0. The monoisotopic (exact) mass is 346 g/mol. The first-order valence-corrected chi connectivity index (χ1v) is 7.69. The van der Waals surface area contributed by atoms with Gasteiger partial charge in [-0.1, -0.05) is 18.2 Å². The number of carbonyl (C=O) groups is 1. The Morgan fingerprint density at radius 1 is 1.33 bits per heavy atom. The van der Waals surface area contributed by atoms with Gasteiger partial charge in [0.1, 0.15) is 0 Å². The number of para-hydroxylation sites is 1. The number of benzene rings is 1. The number of anilines is 1. The zero-order valence-corrected chi connectivity index (χ0v) is 13.5. The Balaban J connectivity index is 2.03. The third kappa shape index (κ3) is 4.61. The fraction of sp³-hybridized carbons (Fsp3) is 0.562. The first-order valence-electron chi connectivity index (χ1n) is 7.69. The molecule has 0 aromatic heterocycles. The van der Waals surface area contributed by atoms with Gasteiger partial charge < -0.3 is 20.1 Å². The highest BCUT2D eigenvalue weighted by molar-refractivity contribution is 5.81. The molecule has 0 saturated carbocycles. The van der Waals surface area contributed by atoms with Crippen LogP contribution in [-0.4, -0.2) is 53.9 Å². The lowest BCUT2D eigenvalue weighted by Gasteiger charge is -2.35. The Labute approximate surface area is 138 Å². The van der Waals surface area contributed by atoms with Crippen molar-refractivity contribution in [3.8, 4) is 0 Å². The van der Waals surface area contributed by atoms with E-state index in [0.29, 0.717) is 13.1 Å². The van der Waals surface area contributed by atoms with Crippen molar-refractivity contribution in [2.45, 2.75) is 38.3 Å². The third-order valence-corrected chi connectivity index (χ3v) is 3.77. The van der Waals surface area contributed by atoms with Crippen LogP contribution in [0.4, 0.5) is 18.9 Å². The number of rotatable bonds is 4. The molecule has 1 aromatic rings. The van der Waals surface area contributed by atoms with Gasteiger partial charge in [0, 0.05) is 24.3 Å². The molecule has 3 atom stereocenters. The van der Waals surface area contributed by atoms with Gasteiger partial charge in [0.25, 0.3) is 0 Å². The van der Waals surface area contributed by atoms with E-state index in [-0.39, 0.29) is 35.9 Å². The van der Waals surface area contributed by atoms with E-state index in [1.165, 1.54) is 24.3 Å². The molecular weight excluding hydrogens is 325 g/mol. The fourth-order valence-electron chi connectivity index (χ4n) is 2.74. The Kier molecular flexibility index (Phi) is 5.71. The zero-order valence-electron chi connectivity index (χ0n) is 13.5. The Morgan fingerprint density at radius 3 is 2.50 bits per heavy atom. The minimum absolute atomic E-state index is 0.0861. The fourth-order valence-corrected chi connectivity index (χ4v) is 2.74. The van der Waals surface area contributed by atoms with Crippen LogP contribution < -0.4 is 5.32 Å². The molecule has 0 bridgehead atoms. The van der Waals surface area contributed by atoms with Gasteiger partial charge in [-0.05, 0) is 19.9 Å². The summed E-state index contributed by atoms with van der Waals surface area (Å²) >= 11 is 0. The predicted molar refractivity (Wildman–Crippen MR) is 82.5 cm³/mol. The molecule has 134 valence electrons. The number of aliphatic hydroxyl groups excluding tert-OH is 1. The summed E-state index contributed by atoms with van der Waals surface area (Å²) in [6.07, 6.45) is -7.54. The topological polar surface area (TPSA) is 61.8 Å². The van der Waals surface area contributed by atoms with Crippen molar-refractivity contribution in [3.05, 3.63) is 29.8 Å². The smallest absolute Gasteiger partial charge is 0.379 e. The SMILES string of the molecule is C[C@@H]1CN(C(=O)CNc2ccccc2[C@@H](O)C(F)(F)F)C[C@H](C)O1. The minimum Gasteiger partial charge on any atom is -0.379 e. The van der Waals surface area contributed by atoms with Crippen LogP contribution in [0.1, 0.15) is 25.5 Å². The summed E-state index contributed by atoms with van der Waals surface area (Å²) < 4.78 is 43.7. The van der Waals surface area contributed by atoms with Gasteiger partial charge in [-0.15, -0.1) is 0 Å². The minimum atomic E-state index is -4.77. The molecule has 24 heavy (non-hydrogen) atoms. The first-order chi connectivity index (χ1) is 11.2. The summed E-state index contributed by atoms with van der Waals surface area (Å²) in [5.41, 5.74) is -0.216. The molecule has 1 aliphatic heterocycles. The number of nitrogens with one attached hydrogen (secondary N) is 1. The number of amides is 1. The lowest BCUT2D eigenvalue weighted by Crippen LogP contribution is -2.49. The van der Waals surface area contributed by atoms with Gasteiger partial charge in [-0.3, -0.25) is 4.79 Å². The summed E-state index contributed by atoms with van der Waals surface area (Å²) in [5, 5.41) is 12.1. The Hall–Kier alpha value is -1.80. The van der Waals surface area contributed by atoms with Crippen LogP contribution in [0.5, 0.6) is 0 Å². The zero-order chi connectivity index (χ0) is 17.9. The molecule has 2 N–H and O–H groups in total. The van der Waals surface area contributed by atoms with E-state index >= 15 is 0 Å². The standard InChI is InChI=1S/C16H21F3N2O3/c1-10-8-21(9-11(2)24-10)14(22)7-20-13-6-4-3-5-12(13)15(23)16(17,18)19/h3-6,10-11,15,20,23H,7-9H2,1-2H3/t10-,11+,15-/m1/s1. The van der Waals surface area contributed by atoms with Crippen LogP contribution in [0.25, 0.3) is 0 Å². The molecule has 5 nitrogen and oxygen atoms in total. The van der Waals surface area contributed by atoms with Gasteiger partial charge in [-0.25, -0.2) is 0 Å².